The number of amides is 1. The van der Waals surface area contributed by atoms with Gasteiger partial charge in [0, 0.05) is 53.7 Å². The van der Waals surface area contributed by atoms with Crippen molar-refractivity contribution >= 4 is 69.7 Å². The fourth-order valence-corrected chi connectivity index (χ4v) is 7.18. The van der Waals surface area contributed by atoms with Crippen molar-refractivity contribution in [2.24, 2.45) is 0 Å². The predicted molar refractivity (Wildman–Crippen MR) is 184 cm³/mol. The normalized spacial score (nSPS) is 12.4. The van der Waals surface area contributed by atoms with Gasteiger partial charge in [0.05, 0.1) is 45.9 Å². The molecule has 0 unspecified atom stereocenters. The molecule has 4 heterocycles. The Morgan fingerprint density at radius 2 is 1.67 bits per heavy atom. The Kier molecular flexibility index (Phi) is 7.44. The van der Waals surface area contributed by atoms with Crippen LogP contribution in [0.4, 0.5) is 14.5 Å². The maximum atomic E-state index is 15.0. The van der Waals surface area contributed by atoms with Gasteiger partial charge in [-0.15, -0.1) is 0 Å². The van der Waals surface area contributed by atoms with Gasteiger partial charge in [0.15, 0.2) is 9.84 Å². The molecule has 0 atom stereocenters. The minimum atomic E-state index is -3.83. The summed E-state index contributed by atoms with van der Waals surface area (Å²) in [7, 11) is -4.56. The number of fused-ring (bicyclic) bond motifs is 6. The molecule has 49 heavy (non-hydrogen) atoms. The highest BCUT2D eigenvalue weighted by atomic mass is 32.2. The van der Waals surface area contributed by atoms with Crippen molar-refractivity contribution in [3.8, 4) is 22.6 Å². The quantitative estimate of drug-likeness (QED) is 0.223. The van der Waals surface area contributed by atoms with Crippen LogP contribution in [0.5, 0.6) is 0 Å². The molecule has 15 heteroatoms. The summed E-state index contributed by atoms with van der Waals surface area (Å²) < 4.78 is 88.1. The van der Waals surface area contributed by atoms with Crippen molar-refractivity contribution < 1.29 is 34.8 Å². The molecule has 0 aliphatic heterocycles. The van der Waals surface area contributed by atoms with Gasteiger partial charge < -0.3 is 9.73 Å². The summed E-state index contributed by atoms with van der Waals surface area (Å²) in [6.07, 6.45) is 3.55. The van der Waals surface area contributed by atoms with Crippen LogP contribution in [0.1, 0.15) is 16.2 Å². The maximum absolute atomic E-state index is 15.0. The number of halogens is 2. The van der Waals surface area contributed by atoms with Crippen molar-refractivity contribution in [3.63, 3.8) is 0 Å². The summed E-state index contributed by atoms with van der Waals surface area (Å²) in [6, 6.07) is 16.2. The highest BCUT2D eigenvalue weighted by molar-refractivity contribution is 7.92. The number of pyridine rings is 1. The van der Waals surface area contributed by atoms with Crippen LogP contribution in [0.2, 0.25) is 0 Å². The molecule has 4 aromatic heterocycles. The molecule has 0 fully saturated rings. The van der Waals surface area contributed by atoms with Crippen LogP contribution in [0.15, 0.2) is 77.3 Å². The van der Waals surface area contributed by atoms with E-state index in [4.69, 9.17) is 4.42 Å². The summed E-state index contributed by atoms with van der Waals surface area (Å²) in [5.74, 6) is -1.58. The molecule has 1 N–H and O–H groups in total. The standard InChI is InChI=1S/C34H27F2N5O6S2/c1-37-34(42)32-23-12-21(28(40(2)49(4,45)46)15-30(23)47-33(32)18-8-10-19(35)11-9-18)25-13-22-26(16-38-25)39-31(17-48(3,43)44)41-27-7-5-6-24(36)20(27)14-29(22)41/h5-16H,17H2,1-4H3,(H,37,42). The van der Waals surface area contributed by atoms with Crippen LogP contribution in [-0.4, -0.2) is 63.7 Å². The molecule has 0 radical (unpaired) electrons. The Labute approximate surface area is 278 Å². The number of sulfone groups is 1. The summed E-state index contributed by atoms with van der Waals surface area (Å²) in [5, 5.41) is 3.68. The first kappa shape index (κ1) is 32.2. The Morgan fingerprint density at radius 3 is 2.35 bits per heavy atom. The molecule has 0 spiro atoms. The number of furan rings is 1. The average Bonchev–Trinajstić information content (AvgIpc) is 3.63. The summed E-state index contributed by atoms with van der Waals surface area (Å²) in [4.78, 5) is 22.5. The zero-order valence-electron chi connectivity index (χ0n) is 26.4. The van der Waals surface area contributed by atoms with Gasteiger partial charge >= 0.3 is 0 Å². The van der Waals surface area contributed by atoms with Crippen molar-refractivity contribution in [2.75, 3.05) is 30.9 Å². The zero-order valence-corrected chi connectivity index (χ0v) is 28.1. The first-order chi connectivity index (χ1) is 23.1. The van der Waals surface area contributed by atoms with Crippen LogP contribution in [0, 0.1) is 11.6 Å². The van der Waals surface area contributed by atoms with E-state index in [9.17, 15) is 26.0 Å². The first-order valence-electron chi connectivity index (χ1n) is 14.7. The fourth-order valence-electron chi connectivity index (χ4n) is 6.01. The highest BCUT2D eigenvalue weighted by Gasteiger charge is 2.27. The molecular formula is C34H27F2N5O6S2. The monoisotopic (exact) mass is 703 g/mol. The number of nitrogens with one attached hydrogen (secondary N) is 1. The smallest absolute Gasteiger partial charge is 0.255 e. The Hall–Kier alpha value is -5.41. The lowest BCUT2D eigenvalue weighted by molar-refractivity contribution is 0.0964. The molecule has 3 aromatic carbocycles. The zero-order chi connectivity index (χ0) is 35.0. The van der Waals surface area contributed by atoms with E-state index in [2.05, 4.69) is 15.3 Å². The number of benzene rings is 3. The molecule has 11 nitrogen and oxygen atoms in total. The van der Waals surface area contributed by atoms with Crippen molar-refractivity contribution in [1.82, 2.24) is 19.7 Å². The van der Waals surface area contributed by atoms with Crippen LogP contribution >= 0.6 is 0 Å². The van der Waals surface area contributed by atoms with Crippen molar-refractivity contribution in [1.29, 1.82) is 0 Å². The van der Waals surface area contributed by atoms with Crippen LogP contribution < -0.4 is 9.62 Å². The number of aromatic nitrogens is 3. The molecule has 1 amide bonds. The predicted octanol–water partition coefficient (Wildman–Crippen LogP) is 5.69. The Bertz CT molecular complexity index is 2740. The molecule has 0 bridgehead atoms. The number of sulfonamides is 1. The summed E-state index contributed by atoms with van der Waals surface area (Å²) >= 11 is 0. The van der Waals surface area contributed by atoms with E-state index in [1.807, 2.05) is 0 Å². The van der Waals surface area contributed by atoms with Gasteiger partial charge in [-0.1, -0.05) is 6.07 Å². The van der Waals surface area contributed by atoms with Crippen LogP contribution in [-0.2, 0) is 25.6 Å². The largest absolute Gasteiger partial charge is 0.455 e. The average molecular weight is 704 g/mol. The number of nitrogens with zero attached hydrogens (tertiary/aromatic N) is 4. The lowest BCUT2D eigenvalue weighted by Crippen LogP contribution is -2.25. The fraction of sp³-hybridized carbons (Fsp3) is 0.147. The van der Waals surface area contributed by atoms with E-state index >= 15 is 4.39 Å². The third-order valence-corrected chi connectivity index (χ3v) is 10.3. The van der Waals surface area contributed by atoms with E-state index in [1.165, 1.54) is 62.8 Å². The molecule has 7 aromatic rings. The third kappa shape index (κ3) is 5.54. The number of hydrogen-bond acceptors (Lipinski definition) is 8. The van der Waals surface area contributed by atoms with Crippen molar-refractivity contribution in [2.45, 2.75) is 5.75 Å². The summed E-state index contributed by atoms with van der Waals surface area (Å²) in [6.45, 7) is 0. The molecule has 0 saturated heterocycles. The number of rotatable bonds is 7. The molecular weight excluding hydrogens is 677 g/mol. The van der Waals surface area contributed by atoms with Gasteiger partial charge in [0.2, 0.25) is 10.0 Å². The minimum absolute atomic E-state index is 0.141. The lowest BCUT2D eigenvalue weighted by atomic mass is 10.00. The van der Waals surface area contributed by atoms with Gasteiger partial charge in [-0.3, -0.25) is 18.5 Å². The highest BCUT2D eigenvalue weighted by Crippen LogP contribution is 2.42. The van der Waals surface area contributed by atoms with E-state index in [0.29, 0.717) is 38.4 Å². The van der Waals surface area contributed by atoms with Gasteiger partial charge in [0.25, 0.3) is 5.91 Å². The van der Waals surface area contributed by atoms with E-state index in [0.717, 1.165) is 16.8 Å². The minimum Gasteiger partial charge on any atom is -0.455 e. The van der Waals surface area contributed by atoms with Crippen LogP contribution in [0.25, 0.3) is 60.9 Å². The molecule has 250 valence electrons. The number of carbonyl (C=O) groups is 1. The molecule has 0 aliphatic rings. The second kappa shape index (κ2) is 11.3. The second-order valence-corrected chi connectivity index (χ2v) is 15.9. The number of hydrogen-bond donors (Lipinski definition) is 1. The van der Waals surface area contributed by atoms with Gasteiger partial charge in [-0.05, 0) is 54.6 Å². The maximum Gasteiger partial charge on any atom is 0.255 e. The van der Waals surface area contributed by atoms with E-state index in [-0.39, 0.29) is 39.5 Å². The SMILES string of the molecule is CNC(=O)c1c(-c2ccc(F)cc2)oc2cc(N(C)S(C)(=O)=O)c(-c3cc4c(cn3)nc(CS(C)(=O)=O)n3c5cccc(F)c5cc43)cc12. The molecule has 0 aliphatic carbocycles. The second-order valence-electron chi connectivity index (χ2n) is 11.7. The van der Waals surface area contributed by atoms with E-state index < -0.39 is 43.2 Å². The Morgan fingerprint density at radius 1 is 0.939 bits per heavy atom. The third-order valence-electron chi connectivity index (χ3n) is 8.33. The topological polar surface area (TPSA) is 144 Å². The van der Waals surface area contributed by atoms with Gasteiger partial charge in [0.1, 0.15) is 34.6 Å². The molecule has 0 saturated carbocycles. The van der Waals surface area contributed by atoms with Gasteiger partial charge in [-0.2, -0.15) is 0 Å². The van der Waals surface area contributed by atoms with Crippen molar-refractivity contribution in [3.05, 3.63) is 95.9 Å². The summed E-state index contributed by atoms with van der Waals surface area (Å²) in [5.41, 5.74) is 2.71. The van der Waals surface area contributed by atoms with Gasteiger partial charge in [-0.25, -0.2) is 30.6 Å². The first-order valence-corrected chi connectivity index (χ1v) is 18.6. The number of carbonyl (C=O) groups excluding carboxylic acids is 1. The molecule has 7 rings (SSSR count). The lowest BCUT2D eigenvalue weighted by Gasteiger charge is -2.20. The van der Waals surface area contributed by atoms with E-state index in [1.54, 1.807) is 28.7 Å². The van der Waals surface area contributed by atoms with Crippen LogP contribution in [0.3, 0.4) is 0 Å². The number of anilines is 1. The Balaban J connectivity index is 1.56.